The van der Waals surface area contributed by atoms with Crippen LogP contribution in [0.3, 0.4) is 0 Å². The van der Waals surface area contributed by atoms with E-state index in [9.17, 15) is 21.6 Å². The second-order valence-electron chi connectivity index (χ2n) is 3.88. The van der Waals surface area contributed by atoms with E-state index >= 15 is 0 Å². The molecular weight excluding hydrogens is 315 g/mol. The minimum atomic E-state index is -4.60. The van der Waals surface area contributed by atoms with Crippen LogP contribution in [0.1, 0.15) is 5.56 Å². The van der Waals surface area contributed by atoms with E-state index in [1.165, 1.54) is 24.5 Å². The molecule has 20 heavy (non-hydrogen) atoms. The van der Waals surface area contributed by atoms with Crippen molar-refractivity contribution in [3.63, 3.8) is 0 Å². The monoisotopic (exact) mass is 321 g/mol. The number of hydrogen-bond acceptors (Lipinski definition) is 3. The van der Waals surface area contributed by atoms with Gasteiger partial charge in [0, 0.05) is 23.1 Å². The molecule has 106 valence electrons. The lowest BCUT2D eigenvalue weighted by atomic mass is 10.0. The highest BCUT2D eigenvalue weighted by Crippen LogP contribution is 2.38. The van der Waals surface area contributed by atoms with Gasteiger partial charge in [0.15, 0.2) is 0 Å². The average molecular weight is 322 g/mol. The van der Waals surface area contributed by atoms with Crippen molar-refractivity contribution in [2.75, 3.05) is 0 Å². The molecule has 1 aromatic carbocycles. The van der Waals surface area contributed by atoms with Crippen molar-refractivity contribution in [3.05, 3.63) is 48.3 Å². The van der Waals surface area contributed by atoms with E-state index in [4.69, 9.17) is 10.7 Å². The van der Waals surface area contributed by atoms with Gasteiger partial charge in [-0.1, -0.05) is 0 Å². The summed E-state index contributed by atoms with van der Waals surface area (Å²) in [6.07, 6.45) is -1.97. The minimum absolute atomic E-state index is 0.203. The van der Waals surface area contributed by atoms with Gasteiger partial charge in [0.2, 0.25) is 0 Å². The molecule has 0 unspecified atom stereocenters. The lowest BCUT2D eigenvalue weighted by molar-refractivity contribution is -0.137. The standard InChI is InChI=1S/C12H7ClF3NO2S/c13-20(18,19)9-1-2-11(12(14,15)16)10(7-9)8-3-5-17-6-4-8/h1-7H. The maximum absolute atomic E-state index is 13.0. The molecule has 0 bridgehead atoms. The summed E-state index contributed by atoms with van der Waals surface area (Å²) >= 11 is 0. The Bertz CT molecular complexity index is 730. The fourth-order valence-corrected chi connectivity index (χ4v) is 2.47. The number of pyridine rings is 1. The first-order valence-corrected chi connectivity index (χ1v) is 7.57. The van der Waals surface area contributed by atoms with Crippen LogP contribution in [0, 0.1) is 0 Å². The van der Waals surface area contributed by atoms with Gasteiger partial charge in [0.25, 0.3) is 9.05 Å². The Kier molecular flexibility index (Phi) is 3.75. The normalized spacial score (nSPS) is 12.4. The second kappa shape index (κ2) is 5.06. The van der Waals surface area contributed by atoms with E-state index < -0.39 is 20.8 Å². The van der Waals surface area contributed by atoms with E-state index in [0.717, 1.165) is 12.1 Å². The molecule has 0 aliphatic carbocycles. The smallest absolute Gasteiger partial charge is 0.265 e. The summed E-state index contributed by atoms with van der Waals surface area (Å²) in [6, 6.07) is 5.14. The molecule has 0 aliphatic rings. The molecule has 0 atom stereocenters. The molecule has 3 nitrogen and oxygen atoms in total. The Hall–Kier alpha value is -1.60. The molecule has 0 N–H and O–H groups in total. The van der Waals surface area contributed by atoms with Crippen LogP contribution in [-0.2, 0) is 15.2 Å². The second-order valence-corrected chi connectivity index (χ2v) is 6.44. The molecule has 0 spiro atoms. The van der Waals surface area contributed by atoms with Crippen LogP contribution in [0.25, 0.3) is 11.1 Å². The van der Waals surface area contributed by atoms with Crippen molar-refractivity contribution in [2.45, 2.75) is 11.1 Å². The summed E-state index contributed by atoms with van der Waals surface area (Å²) in [5.74, 6) is 0. The highest BCUT2D eigenvalue weighted by Gasteiger charge is 2.34. The lowest BCUT2D eigenvalue weighted by Gasteiger charge is -2.13. The third-order valence-electron chi connectivity index (χ3n) is 2.57. The van der Waals surface area contributed by atoms with Crippen molar-refractivity contribution in [1.82, 2.24) is 4.98 Å². The van der Waals surface area contributed by atoms with Crippen LogP contribution >= 0.6 is 10.7 Å². The Morgan fingerprint density at radius 3 is 2.15 bits per heavy atom. The molecule has 1 aromatic heterocycles. The van der Waals surface area contributed by atoms with Gasteiger partial charge in [0.05, 0.1) is 10.5 Å². The molecule has 0 fully saturated rings. The number of rotatable bonds is 2. The Balaban J connectivity index is 2.74. The van der Waals surface area contributed by atoms with Gasteiger partial charge in [-0.15, -0.1) is 0 Å². The Morgan fingerprint density at radius 2 is 1.65 bits per heavy atom. The first kappa shape index (κ1) is 14.8. The number of halogens is 4. The fraction of sp³-hybridized carbons (Fsp3) is 0.0833. The SMILES string of the molecule is O=S(=O)(Cl)c1ccc(C(F)(F)F)c(-c2ccncc2)c1. The van der Waals surface area contributed by atoms with Crippen LogP contribution in [0.15, 0.2) is 47.6 Å². The first-order valence-electron chi connectivity index (χ1n) is 5.26. The van der Waals surface area contributed by atoms with Crippen LogP contribution in [0.4, 0.5) is 13.2 Å². The summed E-state index contributed by atoms with van der Waals surface area (Å²) in [7, 11) is 1.06. The van der Waals surface area contributed by atoms with E-state index in [1.807, 2.05) is 0 Å². The average Bonchev–Trinajstić information content (AvgIpc) is 2.37. The van der Waals surface area contributed by atoms with Crippen molar-refractivity contribution < 1.29 is 21.6 Å². The van der Waals surface area contributed by atoms with Crippen molar-refractivity contribution in [2.24, 2.45) is 0 Å². The maximum Gasteiger partial charge on any atom is 0.417 e. The predicted octanol–water partition coefficient (Wildman–Crippen LogP) is 3.69. The highest BCUT2D eigenvalue weighted by atomic mass is 35.7. The molecule has 0 amide bonds. The largest absolute Gasteiger partial charge is 0.417 e. The molecule has 0 radical (unpaired) electrons. The zero-order valence-electron chi connectivity index (χ0n) is 9.73. The number of nitrogens with zero attached hydrogens (tertiary/aromatic N) is 1. The van der Waals surface area contributed by atoms with Gasteiger partial charge in [-0.25, -0.2) is 8.42 Å². The predicted molar refractivity (Wildman–Crippen MR) is 67.7 cm³/mol. The van der Waals surface area contributed by atoms with Crippen LogP contribution in [0.5, 0.6) is 0 Å². The van der Waals surface area contributed by atoms with E-state index in [-0.39, 0.29) is 16.0 Å². The third kappa shape index (κ3) is 3.10. The van der Waals surface area contributed by atoms with Gasteiger partial charge in [-0.3, -0.25) is 4.98 Å². The lowest BCUT2D eigenvalue weighted by Crippen LogP contribution is -2.08. The molecule has 8 heteroatoms. The van der Waals surface area contributed by atoms with Crippen LogP contribution in [-0.4, -0.2) is 13.4 Å². The number of alkyl halides is 3. The number of hydrogen-bond donors (Lipinski definition) is 0. The minimum Gasteiger partial charge on any atom is -0.265 e. The Morgan fingerprint density at radius 1 is 1.05 bits per heavy atom. The van der Waals surface area contributed by atoms with Crippen LogP contribution < -0.4 is 0 Å². The summed E-state index contributed by atoms with van der Waals surface area (Å²) in [6.45, 7) is 0. The maximum atomic E-state index is 13.0. The van der Waals surface area contributed by atoms with E-state index in [0.29, 0.717) is 6.07 Å². The Labute approximate surface area is 117 Å². The third-order valence-corrected chi connectivity index (χ3v) is 3.92. The molecule has 0 aliphatic heterocycles. The van der Waals surface area contributed by atoms with E-state index in [2.05, 4.69) is 4.98 Å². The zero-order chi connectivity index (χ0) is 15.0. The highest BCUT2D eigenvalue weighted by molar-refractivity contribution is 8.13. The molecule has 2 rings (SSSR count). The first-order chi connectivity index (χ1) is 9.19. The van der Waals surface area contributed by atoms with Gasteiger partial charge in [0.1, 0.15) is 0 Å². The van der Waals surface area contributed by atoms with E-state index in [1.54, 1.807) is 0 Å². The summed E-state index contributed by atoms with van der Waals surface area (Å²) in [4.78, 5) is 3.32. The topological polar surface area (TPSA) is 47.0 Å². The van der Waals surface area contributed by atoms with Crippen molar-refractivity contribution >= 4 is 19.7 Å². The summed E-state index contributed by atoms with van der Waals surface area (Å²) in [5.41, 5.74) is -0.996. The number of benzene rings is 1. The van der Waals surface area contributed by atoms with Crippen LogP contribution in [0.2, 0.25) is 0 Å². The van der Waals surface area contributed by atoms with Gasteiger partial charge >= 0.3 is 6.18 Å². The zero-order valence-corrected chi connectivity index (χ0v) is 11.3. The molecule has 0 saturated carbocycles. The van der Waals surface area contributed by atoms with Gasteiger partial charge in [-0.05, 0) is 41.5 Å². The molecular formula is C12H7ClF3NO2S. The summed E-state index contributed by atoms with van der Waals surface area (Å²) < 4.78 is 61.4. The van der Waals surface area contributed by atoms with Crippen molar-refractivity contribution in [3.8, 4) is 11.1 Å². The van der Waals surface area contributed by atoms with Crippen molar-refractivity contribution in [1.29, 1.82) is 0 Å². The van der Waals surface area contributed by atoms with Gasteiger partial charge in [-0.2, -0.15) is 13.2 Å². The molecule has 0 saturated heterocycles. The quantitative estimate of drug-likeness (QED) is 0.792. The number of aromatic nitrogens is 1. The molecule has 1 heterocycles. The van der Waals surface area contributed by atoms with Gasteiger partial charge < -0.3 is 0 Å². The summed E-state index contributed by atoms with van der Waals surface area (Å²) in [5, 5.41) is 0. The fourth-order valence-electron chi connectivity index (χ4n) is 1.69. The molecule has 2 aromatic rings.